The van der Waals surface area contributed by atoms with E-state index in [2.05, 4.69) is 0 Å². The third-order valence-corrected chi connectivity index (χ3v) is 3.46. The maximum atomic E-state index is 13.9. The van der Waals surface area contributed by atoms with Crippen LogP contribution in [0.4, 0.5) is 10.1 Å². The molecule has 0 amide bonds. The van der Waals surface area contributed by atoms with Crippen LogP contribution < -0.4 is 0 Å². The van der Waals surface area contributed by atoms with Crippen molar-refractivity contribution in [2.45, 2.75) is 13.8 Å². The zero-order valence-electron chi connectivity index (χ0n) is 13.6. The molecule has 0 unspecified atom stereocenters. The third kappa shape index (κ3) is 4.08. The molecule has 0 aliphatic rings. The number of benzene rings is 1. The summed E-state index contributed by atoms with van der Waals surface area (Å²) in [5.41, 5.74) is -1.86. The fourth-order valence-corrected chi connectivity index (χ4v) is 2.09. The van der Waals surface area contributed by atoms with E-state index in [4.69, 9.17) is 16.3 Å². The van der Waals surface area contributed by atoms with E-state index < -0.39 is 28.2 Å². The fourth-order valence-electron chi connectivity index (χ4n) is 1.87. The van der Waals surface area contributed by atoms with Crippen LogP contribution in [0.15, 0.2) is 17.8 Å². The van der Waals surface area contributed by atoms with Crippen molar-refractivity contribution >= 4 is 29.0 Å². The van der Waals surface area contributed by atoms with Crippen molar-refractivity contribution in [3.8, 4) is 0 Å². The van der Waals surface area contributed by atoms with Crippen molar-refractivity contribution in [3.05, 3.63) is 49.9 Å². The summed E-state index contributed by atoms with van der Waals surface area (Å²) in [6, 6.07) is 0.718. The van der Waals surface area contributed by atoms with Crippen molar-refractivity contribution in [3.63, 3.8) is 0 Å². The molecule has 1 aromatic carbocycles. The van der Waals surface area contributed by atoms with E-state index in [1.165, 1.54) is 18.0 Å². The predicted molar refractivity (Wildman–Crippen MR) is 85.5 cm³/mol. The molecule has 0 aliphatic carbocycles. The monoisotopic (exact) mass is 358 g/mol. The van der Waals surface area contributed by atoms with Crippen LogP contribution in [0.2, 0.25) is 5.02 Å². The average Bonchev–Trinajstić information content (AvgIpc) is 2.49. The Balaban J connectivity index is 3.55. The zero-order valence-corrected chi connectivity index (χ0v) is 14.3. The lowest BCUT2D eigenvalue weighted by Crippen LogP contribution is -2.20. The second kappa shape index (κ2) is 7.87. The summed E-state index contributed by atoms with van der Waals surface area (Å²) >= 11 is 5.96. The van der Waals surface area contributed by atoms with Gasteiger partial charge in [0.15, 0.2) is 0 Å². The van der Waals surface area contributed by atoms with Crippen molar-refractivity contribution in [1.82, 2.24) is 4.90 Å². The first-order valence-electron chi connectivity index (χ1n) is 6.84. The van der Waals surface area contributed by atoms with E-state index in [-0.39, 0.29) is 28.3 Å². The summed E-state index contributed by atoms with van der Waals surface area (Å²) in [6.07, 6.45) is 1.21. The van der Waals surface area contributed by atoms with Crippen LogP contribution in [0.25, 0.3) is 0 Å². The second-order valence-electron chi connectivity index (χ2n) is 5.01. The Bertz CT molecular complexity index is 731. The lowest BCUT2D eigenvalue weighted by atomic mass is 10.0. The van der Waals surface area contributed by atoms with Gasteiger partial charge in [-0.15, -0.1) is 0 Å². The summed E-state index contributed by atoms with van der Waals surface area (Å²) in [5.74, 6) is -2.92. The van der Waals surface area contributed by atoms with Crippen LogP contribution in [0.5, 0.6) is 0 Å². The fraction of sp³-hybridized carbons (Fsp3) is 0.333. The van der Waals surface area contributed by atoms with Crippen LogP contribution in [0, 0.1) is 22.9 Å². The Morgan fingerprint density at radius 1 is 1.46 bits per heavy atom. The molecule has 1 rings (SSSR count). The summed E-state index contributed by atoms with van der Waals surface area (Å²) in [4.78, 5) is 36.0. The molecule has 1 aromatic rings. The normalized spacial score (nSPS) is 11.2. The summed E-state index contributed by atoms with van der Waals surface area (Å²) < 4.78 is 18.7. The highest BCUT2D eigenvalue weighted by Crippen LogP contribution is 2.32. The van der Waals surface area contributed by atoms with E-state index in [1.54, 1.807) is 21.0 Å². The molecule has 0 N–H and O–H groups in total. The van der Waals surface area contributed by atoms with Gasteiger partial charge in [0.1, 0.15) is 5.57 Å². The van der Waals surface area contributed by atoms with Gasteiger partial charge < -0.3 is 9.64 Å². The SMILES string of the molecule is CCOC(=O)/C(=C/N(C)C)C(=O)c1cc([N+](=O)[O-])c(F)c(C)c1Cl. The average molecular weight is 359 g/mol. The van der Waals surface area contributed by atoms with Crippen molar-refractivity contribution < 1.29 is 23.6 Å². The lowest BCUT2D eigenvalue weighted by Gasteiger charge is -2.12. The minimum absolute atomic E-state index is 0.0349. The number of halogens is 2. The van der Waals surface area contributed by atoms with Gasteiger partial charge in [0, 0.05) is 37.5 Å². The van der Waals surface area contributed by atoms with Gasteiger partial charge in [-0.05, 0) is 13.8 Å². The van der Waals surface area contributed by atoms with Crippen molar-refractivity contribution in [2.24, 2.45) is 0 Å². The van der Waals surface area contributed by atoms with Crippen LogP contribution in [0.3, 0.4) is 0 Å². The number of ketones is 1. The maximum absolute atomic E-state index is 13.9. The van der Waals surface area contributed by atoms with Gasteiger partial charge in [0.05, 0.1) is 16.6 Å². The van der Waals surface area contributed by atoms with Crippen LogP contribution in [-0.4, -0.2) is 42.3 Å². The highest BCUT2D eigenvalue weighted by atomic mass is 35.5. The molecule has 130 valence electrons. The lowest BCUT2D eigenvalue weighted by molar-refractivity contribution is -0.387. The first-order chi connectivity index (χ1) is 11.1. The van der Waals surface area contributed by atoms with E-state index >= 15 is 0 Å². The van der Waals surface area contributed by atoms with Crippen molar-refractivity contribution in [2.75, 3.05) is 20.7 Å². The number of carbonyl (C=O) groups excluding carboxylic acids is 2. The van der Waals surface area contributed by atoms with Crippen LogP contribution in [0.1, 0.15) is 22.8 Å². The van der Waals surface area contributed by atoms with Crippen molar-refractivity contribution in [1.29, 1.82) is 0 Å². The topological polar surface area (TPSA) is 89.8 Å². The van der Waals surface area contributed by atoms with Crippen LogP contribution >= 0.6 is 11.6 Å². The van der Waals surface area contributed by atoms with E-state index in [0.29, 0.717) is 0 Å². The smallest absolute Gasteiger partial charge is 0.343 e. The first kappa shape index (κ1) is 19.6. The van der Waals surface area contributed by atoms with Crippen LogP contribution in [-0.2, 0) is 9.53 Å². The molecule has 0 aromatic heterocycles. The molecule has 0 heterocycles. The van der Waals surface area contributed by atoms with E-state index in [1.807, 2.05) is 0 Å². The zero-order chi connectivity index (χ0) is 18.6. The molecule has 0 saturated carbocycles. The summed E-state index contributed by atoms with van der Waals surface area (Å²) in [7, 11) is 3.15. The molecule has 0 aliphatic heterocycles. The molecule has 24 heavy (non-hydrogen) atoms. The van der Waals surface area contributed by atoms with E-state index in [9.17, 15) is 24.1 Å². The van der Waals surface area contributed by atoms with Gasteiger partial charge in [0.25, 0.3) is 0 Å². The molecular weight excluding hydrogens is 343 g/mol. The largest absolute Gasteiger partial charge is 0.462 e. The number of hydrogen-bond donors (Lipinski definition) is 0. The number of nitro groups is 1. The Morgan fingerprint density at radius 2 is 2.04 bits per heavy atom. The minimum Gasteiger partial charge on any atom is -0.462 e. The first-order valence-corrected chi connectivity index (χ1v) is 7.22. The third-order valence-electron chi connectivity index (χ3n) is 2.97. The molecule has 9 heteroatoms. The highest BCUT2D eigenvalue weighted by molar-refractivity contribution is 6.37. The maximum Gasteiger partial charge on any atom is 0.343 e. The molecular formula is C15H16ClFN2O5. The summed E-state index contributed by atoms with van der Waals surface area (Å²) in [5, 5.41) is 10.6. The second-order valence-corrected chi connectivity index (χ2v) is 5.39. The number of nitrogens with zero attached hydrogens (tertiary/aromatic N) is 2. The Hall–Kier alpha value is -2.48. The van der Waals surface area contributed by atoms with Gasteiger partial charge in [0.2, 0.25) is 11.6 Å². The van der Waals surface area contributed by atoms with Gasteiger partial charge in [-0.1, -0.05) is 11.6 Å². The number of nitro benzene ring substituents is 1. The minimum atomic E-state index is -1.13. The van der Waals surface area contributed by atoms with E-state index in [0.717, 1.165) is 6.07 Å². The highest BCUT2D eigenvalue weighted by Gasteiger charge is 2.29. The van der Waals surface area contributed by atoms with Gasteiger partial charge in [-0.3, -0.25) is 14.9 Å². The van der Waals surface area contributed by atoms with Gasteiger partial charge in [-0.2, -0.15) is 4.39 Å². The standard InChI is InChI=1S/C15H16ClFN2O5/c1-5-24-15(21)10(7-18(3)4)14(20)9-6-11(19(22)23)13(17)8(2)12(9)16/h6-7H,5H2,1-4H3/b10-7+. The number of esters is 1. The van der Waals surface area contributed by atoms with Gasteiger partial charge >= 0.3 is 11.7 Å². The Morgan fingerprint density at radius 3 is 2.50 bits per heavy atom. The Labute approximate surface area is 142 Å². The Kier molecular flexibility index (Phi) is 6.42. The molecule has 0 spiro atoms. The number of rotatable bonds is 6. The quantitative estimate of drug-likeness (QED) is 0.148. The number of Topliss-reactive ketones (excluding diaryl/α,β-unsaturated/α-hetero) is 1. The molecule has 0 fully saturated rings. The number of carbonyl (C=O) groups is 2. The number of ether oxygens (including phenoxy) is 1. The molecule has 0 atom stereocenters. The molecule has 0 radical (unpaired) electrons. The number of hydrogen-bond acceptors (Lipinski definition) is 6. The molecule has 0 bridgehead atoms. The molecule has 7 nitrogen and oxygen atoms in total. The van der Waals surface area contributed by atoms with Gasteiger partial charge in [-0.25, -0.2) is 4.79 Å². The molecule has 0 saturated heterocycles. The summed E-state index contributed by atoms with van der Waals surface area (Å²) in [6.45, 7) is 2.81. The predicted octanol–water partition coefficient (Wildman–Crippen LogP) is 2.89.